The molecule has 17 atom stereocenters. The van der Waals surface area contributed by atoms with E-state index in [1.807, 2.05) is 6.08 Å². The zero-order chi connectivity index (χ0) is 76.0. The number of unbranched alkanes of at least 4 members (excludes halogenated alkanes) is 51. The minimum Gasteiger partial charge on any atom is -0.394 e. The molecule has 3 fully saturated rings. The van der Waals surface area contributed by atoms with Gasteiger partial charge in [-0.15, -0.1) is 0 Å². The lowest BCUT2D eigenvalue weighted by molar-refractivity contribution is -0.379. The van der Waals surface area contributed by atoms with Gasteiger partial charge in [-0.25, -0.2) is 0 Å². The molecule has 0 bridgehead atoms. The summed E-state index contributed by atoms with van der Waals surface area (Å²) in [6, 6.07) is -0.989. The summed E-state index contributed by atoms with van der Waals surface area (Å²) in [6.45, 7) is 1.77. The third-order valence-electron chi connectivity index (χ3n) is 21.9. The van der Waals surface area contributed by atoms with Gasteiger partial charge < -0.3 is 89.9 Å². The number of hydrogen-bond donors (Lipinski definition) is 12. The van der Waals surface area contributed by atoms with Gasteiger partial charge in [0, 0.05) is 6.42 Å². The molecule has 0 radical (unpaired) electrons. The van der Waals surface area contributed by atoms with E-state index in [4.69, 9.17) is 28.4 Å². The normalized spacial score (nSPS) is 25.9. The molecular weight excluding hydrogens is 1330 g/mol. The highest BCUT2D eigenvalue weighted by Crippen LogP contribution is 2.33. The van der Waals surface area contributed by atoms with Crippen molar-refractivity contribution in [1.82, 2.24) is 5.32 Å². The van der Waals surface area contributed by atoms with E-state index in [1.165, 1.54) is 302 Å². The molecule has 3 aliphatic rings. The molecule has 1 amide bonds. The molecule has 17 unspecified atom stereocenters. The van der Waals surface area contributed by atoms with Crippen LogP contribution in [0.2, 0.25) is 0 Å². The van der Waals surface area contributed by atoms with Crippen molar-refractivity contribution in [2.24, 2.45) is 0 Å². The number of amides is 1. The highest BCUT2D eigenvalue weighted by atomic mass is 16.8. The van der Waals surface area contributed by atoms with Gasteiger partial charge in [-0.2, -0.15) is 0 Å². The van der Waals surface area contributed by atoms with Gasteiger partial charge >= 0.3 is 0 Å². The lowest BCUT2D eigenvalue weighted by atomic mass is 9.96. The fourth-order valence-electron chi connectivity index (χ4n) is 14.9. The summed E-state index contributed by atoms with van der Waals surface area (Å²) in [7, 11) is 0. The molecule has 0 saturated carbocycles. The van der Waals surface area contributed by atoms with Gasteiger partial charge in [-0.3, -0.25) is 4.79 Å². The second-order valence-corrected chi connectivity index (χ2v) is 31.3. The average Bonchev–Trinajstić information content (AvgIpc) is 0.780. The van der Waals surface area contributed by atoms with Crippen molar-refractivity contribution in [3.8, 4) is 0 Å². The Balaban J connectivity index is 1.30. The molecule has 19 heteroatoms. The lowest BCUT2D eigenvalue weighted by Crippen LogP contribution is -2.66. The van der Waals surface area contributed by atoms with Crippen LogP contribution in [-0.4, -0.2) is 193 Å². The third kappa shape index (κ3) is 46.0. The van der Waals surface area contributed by atoms with Crippen LogP contribution in [0.4, 0.5) is 0 Å². The monoisotopic (exact) mass is 1500 g/mol. The van der Waals surface area contributed by atoms with Crippen LogP contribution < -0.4 is 5.32 Å². The van der Waals surface area contributed by atoms with Crippen molar-refractivity contribution < 1.29 is 89.4 Å². The van der Waals surface area contributed by atoms with Gasteiger partial charge in [0.05, 0.1) is 38.6 Å². The molecule has 12 N–H and O–H groups in total. The zero-order valence-corrected chi connectivity index (χ0v) is 66.5. The van der Waals surface area contributed by atoms with Gasteiger partial charge in [-0.1, -0.05) is 346 Å². The van der Waals surface area contributed by atoms with Crippen molar-refractivity contribution in [2.75, 3.05) is 26.4 Å². The van der Waals surface area contributed by atoms with Crippen LogP contribution in [0.1, 0.15) is 373 Å². The van der Waals surface area contributed by atoms with Crippen molar-refractivity contribution in [3.63, 3.8) is 0 Å². The van der Waals surface area contributed by atoms with Crippen LogP contribution in [0.3, 0.4) is 0 Å². The van der Waals surface area contributed by atoms with Crippen molar-refractivity contribution in [3.05, 3.63) is 36.5 Å². The smallest absolute Gasteiger partial charge is 0.220 e. The summed E-state index contributed by atoms with van der Waals surface area (Å²) >= 11 is 0. The Morgan fingerprint density at radius 2 is 0.610 bits per heavy atom. The predicted molar refractivity (Wildman–Crippen MR) is 420 cm³/mol. The Morgan fingerprint density at radius 1 is 0.333 bits per heavy atom. The number of aliphatic hydroxyl groups is 11. The number of carbonyl (C=O) groups excluding carboxylic acids is 1. The molecule has 105 heavy (non-hydrogen) atoms. The Kier molecular flexibility index (Phi) is 61.7. The first-order chi connectivity index (χ1) is 51.3. The van der Waals surface area contributed by atoms with E-state index in [0.29, 0.717) is 12.8 Å². The summed E-state index contributed by atoms with van der Waals surface area (Å²) in [5.74, 6) is -0.277. The maximum atomic E-state index is 13.5. The van der Waals surface area contributed by atoms with E-state index >= 15 is 0 Å². The maximum absolute atomic E-state index is 13.5. The Labute approximate surface area is 638 Å². The van der Waals surface area contributed by atoms with Crippen molar-refractivity contribution >= 4 is 5.91 Å². The van der Waals surface area contributed by atoms with Crippen molar-refractivity contribution in [2.45, 2.75) is 478 Å². The number of rotatable bonds is 71. The average molecular weight is 1500 g/mol. The van der Waals surface area contributed by atoms with E-state index < -0.39 is 124 Å². The van der Waals surface area contributed by atoms with E-state index in [9.17, 15) is 61.0 Å². The summed E-state index contributed by atoms with van der Waals surface area (Å²) in [4.78, 5) is 13.5. The molecule has 3 rings (SSSR count). The molecule has 0 aromatic heterocycles. The maximum Gasteiger partial charge on any atom is 0.220 e. The Morgan fingerprint density at radius 3 is 0.952 bits per heavy atom. The molecule has 0 spiro atoms. The first-order valence-corrected chi connectivity index (χ1v) is 43.7. The first-order valence-electron chi connectivity index (χ1n) is 43.7. The Bertz CT molecular complexity index is 2030. The van der Waals surface area contributed by atoms with Crippen molar-refractivity contribution in [1.29, 1.82) is 0 Å². The summed E-state index contributed by atoms with van der Waals surface area (Å²) in [5, 5.41) is 121. The fraction of sp³-hybridized carbons (Fsp3) is 0.919. The number of ether oxygens (including phenoxy) is 6. The van der Waals surface area contributed by atoms with Crippen LogP contribution in [0.25, 0.3) is 0 Å². The molecule has 3 saturated heterocycles. The van der Waals surface area contributed by atoms with Gasteiger partial charge in [0.15, 0.2) is 18.9 Å². The summed E-state index contributed by atoms with van der Waals surface area (Å²) in [6.07, 6.45) is 57.4. The zero-order valence-electron chi connectivity index (χ0n) is 66.5. The van der Waals surface area contributed by atoms with Crippen LogP contribution in [0.15, 0.2) is 36.5 Å². The molecule has 3 heterocycles. The fourth-order valence-corrected chi connectivity index (χ4v) is 14.9. The van der Waals surface area contributed by atoms with Gasteiger partial charge in [0.1, 0.15) is 73.2 Å². The topological polar surface area (TPSA) is 307 Å². The minimum atomic E-state index is -1.98. The SMILES string of the molecule is CCCCCCCCCC/C=C\CCCCCCCCCCCCCCCCCCCCCCCCCCCCCC(=O)NC(COC1OC(CO)C(OC2OC(CO)C(OC3OC(CO)C(O)C(O)C3O)C(O)C2O)C(O)C1O)C(O)/C=C/CC/C=C/CCCCCCCCCCCCCCCCC. The molecular formula is C86H161NO18. The summed E-state index contributed by atoms with van der Waals surface area (Å²) in [5.41, 5.74) is 0. The number of carbonyl (C=O) groups is 1. The highest BCUT2D eigenvalue weighted by Gasteiger charge is 2.54. The Hall–Kier alpha value is -1.99. The second-order valence-electron chi connectivity index (χ2n) is 31.3. The minimum absolute atomic E-state index is 0.240. The van der Waals surface area contributed by atoms with Crippen LogP contribution in [-0.2, 0) is 33.2 Å². The number of hydrogen-bond acceptors (Lipinski definition) is 18. The largest absolute Gasteiger partial charge is 0.394 e. The predicted octanol–water partition coefficient (Wildman–Crippen LogP) is 15.9. The van der Waals surface area contributed by atoms with Crippen LogP contribution in [0, 0.1) is 0 Å². The number of allylic oxidation sites excluding steroid dienone is 5. The van der Waals surface area contributed by atoms with E-state index in [0.717, 1.165) is 38.5 Å². The quantitative estimate of drug-likeness (QED) is 0.0199. The lowest BCUT2D eigenvalue weighted by Gasteiger charge is -2.48. The first kappa shape index (κ1) is 97.2. The van der Waals surface area contributed by atoms with E-state index in [1.54, 1.807) is 6.08 Å². The molecule has 618 valence electrons. The summed E-state index contributed by atoms with van der Waals surface area (Å²) < 4.78 is 34.5. The molecule has 0 aromatic carbocycles. The van der Waals surface area contributed by atoms with Crippen LogP contribution in [0.5, 0.6) is 0 Å². The van der Waals surface area contributed by atoms with Gasteiger partial charge in [0.25, 0.3) is 0 Å². The standard InChI is InChI=1S/C86H161NO18/c1-3-5-7-9-11-13-15-17-19-21-23-25-26-27-28-29-30-31-32-33-34-35-36-37-38-39-40-41-42-44-46-48-50-52-54-56-58-60-62-64-74(92)87-69(70(91)63-61-59-57-55-53-51-49-47-45-43-24-22-20-18-16-14-12-10-8-6-4-2)68-100-84-80(98)77(95)82(72(66-89)102-84)105-86-81(99)78(96)83(73(67-90)103-86)104-85-79(97)76(94)75(93)71(65-88)101-85/h21,23,53,55,61,63,69-73,75-86,88-91,93-99H,3-20,22,24-52,54,56-60,62,64-68H2,1-2H3,(H,87,92)/b23-21-,55-53+,63-61+. The molecule has 0 aromatic rings. The second kappa shape index (κ2) is 66.6. The highest BCUT2D eigenvalue weighted by molar-refractivity contribution is 5.76. The van der Waals surface area contributed by atoms with Crippen LogP contribution >= 0.6 is 0 Å². The molecule has 19 nitrogen and oxygen atoms in total. The van der Waals surface area contributed by atoms with E-state index in [2.05, 4.69) is 43.5 Å². The third-order valence-corrected chi connectivity index (χ3v) is 21.9. The number of nitrogens with one attached hydrogen (secondary N) is 1. The van der Waals surface area contributed by atoms with Gasteiger partial charge in [-0.05, 0) is 57.8 Å². The van der Waals surface area contributed by atoms with Gasteiger partial charge in [0.2, 0.25) is 5.91 Å². The molecule has 3 aliphatic heterocycles. The number of aliphatic hydroxyl groups excluding tert-OH is 11. The van der Waals surface area contributed by atoms with E-state index in [-0.39, 0.29) is 18.9 Å². The molecule has 0 aliphatic carbocycles.